The van der Waals surface area contributed by atoms with Crippen LogP contribution in [0.15, 0.2) is 42.6 Å². The van der Waals surface area contributed by atoms with E-state index in [0.717, 1.165) is 12.1 Å². The molecule has 0 saturated carbocycles. The topological polar surface area (TPSA) is 27.1 Å². The van der Waals surface area contributed by atoms with E-state index in [1.807, 2.05) is 13.0 Å². The number of ether oxygens (including phenoxy) is 1. The molecule has 0 fully saturated rings. The Morgan fingerprint density at radius 1 is 1.12 bits per heavy atom. The predicted octanol–water partition coefficient (Wildman–Crippen LogP) is 4.53. The fourth-order valence-corrected chi connectivity index (χ4v) is 2.81. The van der Waals surface area contributed by atoms with Crippen molar-refractivity contribution in [2.75, 3.05) is 6.61 Å². The molecule has 0 N–H and O–H groups in total. The lowest BCUT2D eigenvalue weighted by atomic mass is 10.2. The average molecular weight is 341 g/mol. The van der Waals surface area contributed by atoms with Gasteiger partial charge in [0.05, 0.1) is 0 Å². The standard InChI is InChI=1S/C20H20N2O.ClH/c1-4-5-13-23-20-19-18(11-12-21-20)15(2)16(3)22(19)14-17-9-7-6-8-10-17;/h6-12H,13-14H2,1-3H3;1H. The number of hydrogen-bond donors (Lipinski definition) is 0. The van der Waals surface area contributed by atoms with Gasteiger partial charge in [-0.15, -0.1) is 18.3 Å². The number of aromatic nitrogens is 2. The van der Waals surface area contributed by atoms with Crippen molar-refractivity contribution in [3.63, 3.8) is 0 Å². The van der Waals surface area contributed by atoms with Crippen LogP contribution in [0.3, 0.4) is 0 Å². The van der Waals surface area contributed by atoms with E-state index in [2.05, 4.69) is 65.6 Å². The zero-order valence-electron chi connectivity index (χ0n) is 14.2. The van der Waals surface area contributed by atoms with Gasteiger partial charge in [-0.1, -0.05) is 36.3 Å². The summed E-state index contributed by atoms with van der Waals surface area (Å²) in [6, 6.07) is 12.5. The third-order valence-corrected chi connectivity index (χ3v) is 4.15. The number of aryl methyl sites for hydroxylation is 1. The Hall–Kier alpha value is -2.44. The van der Waals surface area contributed by atoms with E-state index < -0.39 is 0 Å². The molecule has 0 atom stereocenters. The van der Waals surface area contributed by atoms with Gasteiger partial charge in [0.2, 0.25) is 5.88 Å². The van der Waals surface area contributed by atoms with Crippen LogP contribution in [0.5, 0.6) is 5.88 Å². The van der Waals surface area contributed by atoms with Gasteiger partial charge in [0.25, 0.3) is 0 Å². The molecular weight excluding hydrogens is 320 g/mol. The molecule has 0 aliphatic rings. The maximum absolute atomic E-state index is 5.80. The normalized spacial score (nSPS) is 9.96. The fraction of sp³-hybridized carbons (Fsp3) is 0.250. The molecule has 3 aromatic rings. The Balaban J connectivity index is 0.00000208. The Morgan fingerprint density at radius 2 is 1.88 bits per heavy atom. The smallest absolute Gasteiger partial charge is 0.239 e. The second-order valence-corrected chi connectivity index (χ2v) is 5.51. The summed E-state index contributed by atoms with van der Waals surface area (Å²) in [5.74, 6) is 6.43. The van der Waals surface area contributed by atoms with Gasteiger partial charge in [-0.2, -0.15) is 0 Å². The van der Waals surface area contributed by atoms with Crippen molar-refractivity contribution in [1.29, 1.82) is 0 Å². The van der Waals surface area contributed by atoms with Crippen LogP contribution in [0.25, 0.3) is 10.9 Å². The molecule has 0 spiro atoms. The first kappa shape index (κ1) is 17.9. The third-order valence-electron chi connectivity index (χ3n) is 4.15. The Bertz CT molecular complexity index is 889. The van der Waals surface area contributed by atoms with Crippen molar-refractivity contribution >= 4 is 23.3 Å². The van der Waals surface area contributed by atoms with E-state index in [-0.39, 0.29) is 12.4 Å². The summed E-state index contributed by atoms with van der Waals surface area (Å²) in [4.78, 5) is 4.42. The van der Waals surface area contributed by atoms with Gasteiger partial charge in [-0.05, 0) is 38.0 Å². The first-order valence-corrected chi connectivity index (χ1v) is 7.73. The summed E-state index contributed by atoms with van der Waals surface area (Å²) >= 11 is 0. The number of halogens is 1. The van der Waals surface area contributed by atoms with Crippen LogP contribution in [0, 0.1) is 25.7 Å². The zero-order chi connectivity index (χ0) is 16.2. The minimum atomic E-state index is 0. The van der Waals surface area contributed by atoms with Crippen molar-refractivity contribution < 1.29 is 4.74 Å². The van der Waals surface area contributed by atoms with Gasteiger partial charge in [-0.25, -0.2) is 4.98 Å². The Labute approximate surface area is 149 Å². The quantitative estimate of drug-likeness (QED) is 0.653. The maximum atomic E-state index is 5.80. The van der Waals surface area contributed by atoms with Crippen molar-refractivity contribution in [2.24, 2.45) is 0 Å². The molecule has 24 heavy (non-hydrogen) atoms. The van der Waals surface area contributed by atoms with Crippen molar-refractivity contribution in [3.05, 3.63) is 59.4 Å². The minimum Gasteiger partial charge on any atom is -0.463 e. The molecule has 1 aromatic carbocycles. The van der Waals surface area contributed by atoms with Gasteiger partial charge >= 0.3 is 0 Å². The molecule has 0 aliphatic heterocycles. The first-order valence-electron chi connectivity index (χ1n) is 7.73. The van der Waals surface area contributed by atoms with E-state index in [9.17, 15) is 0 Å². The molecule has 0 bridgehead atoms. The van der Waals surface area contributed by atoms with Crippen LogP contribution < -0.4 is 4.74 Å². The number of fused-ring (bicyclic) bond motifs is 1. The SMILES string of the molecule is CC#CCOc1nccc2c(C)c(C)n(Cc3ccccc3)c12.Cl. The highest BCUT2D eigenvalue weighted by molar-refractivity contribution is 5.89. The number of hydrogen-bond acceptors (Lipinski definition) is 2. The van der Waals surface area contributed by atoms with Gasteiger partial charge in [0.15, 0.2) is 6.61 Å². The van der Waals surface area contributed by atoms with E-state index in [4.69, 9.17) is 4.74 Å². The van der Waals surface area contributed by atoms with Crippen LogP contribution >= 0.6 is 12.4 Å². The minimum absolute atomic E-state index is 0. The summed E-state index contributed by atoms with van der Waals surface area (Å²) in [5, 5.41) is 1.19. The number of nitrogens with zero attached hydrogens (tertiary/aromatic N) is 2. The molecule has 0 saturated heterocycles. The molecule has 2 aromatic heterocycles. The molecule has 0 radical (unpaired) electrons. The fourth-order valence-electron chi connectivity index (χ4n) is 2.81. The molecule has 2 heterocycles. The lowest BCUT2D eigenvalue weighted by molar-refractivity contribution is 0.358. The third kappa shape index (κ3) is 3.39. The highest BCUT2D eigenvalue weighted by Gasteiger charge is 2.16. The molecule has 4 heteroatoms. The van der Waals surface area contributed by atoms with Crippen LogP contribution in [-0.4, -0.2) is 16.2 Å². The molecular formula is C20H21ClN2O. The van der Waals surface area contributed by atoms with E-state index in [1.165, 1.54) is 22.2 Å². The summed E-state index contributed by atoms with van der Waals surface area (Å²) < 4.78 is 8.08. The molecule has 0 unspecified atom stereocenters. The maximum Gasteiger partial charge on any atom is 0.239 e. The van der Waals surface area contributed by atoms with E-state index in [1.54, 1.807) is 6.20 Å². The Morgan fingerprint density at radius 3 is 2.58 bits per heavy atom. The highest BCUT2D eigenvalue weighted by atomic mass is 35.5. The highest BCUT2D eigenvalue weighted by Crippen LogP contribution is 2.31. The summed E-state index contributed by atoms with van der Waals surface area (Å²) in [6.45, 7) is 7.27. The lowest BCUT2D eigenvalue weighted by Gasteiger charge is -2.11. The van der Waals surface area contributed by atoms with Crippen molar-refractivity contribution in [2.45, 2.75) is 27.3 Å². The van der Waals surface area contributed by atoms with Gasteiger partial charge < -0.3 is 9.30 Å². The van der Waals surface area contributed by atoms with Crippen LogP contribution in [0.2, 0.25) is 0 Å². The van der Waals surface area contributed by atoms with Gasteiger partial charge in [0, 0.05) is 23.8 Å². The summed E-state index contributed by atoms with van der Waals surface area (Å²) in [6.07, 6.45) is 1.80. The van der Waals surface area contributed by atoms with Crippen LogP contribution in [0.1, 0.15) is 23.7 Å². The first-order chi connectivity index (χ1) is 11.2. The van der Waals surface area contributed by atoms with Crippen molar-refractivity contribution in [3.8, 4) is 17.7 Å². The average Bonchev–Trinajstić information content (AvgIpc) is 2.82. The van der Waals surface area contributed by atoms with Crippen molar-refractivity contribution in [1.82, 2.24) is 9.55 Å². The predicted molar refractivity (Wildman–Crippen MR) is 101 cm³/mol. The van der Waals surface area contributed by atoms with Gasteiger partial charge in [-0.3, -0.25) is 0 Å². The van der Waals surface area contributed by atoms with Crippen LogP contribution in [-0.2, 0) is 6.54 Å². The summed E-state index contributed by atoms with van der Waals surface area (Å²) in [7, 11) is 0. The summed E-state index contributed by atoms with van der Waals surface area (Å²) in [5.41, 5.74) is 4.81. The van der Waals surface area contributed by atoms with E-state index in [0.29, 0.717) is 12.5 Å². The molecule has 3 rings (SSSR count). The molecule has 3 nitrogen and oxygen atoms in total. The zero-order valence-corrected chi connectivity index (χ0v) is 15.0. The lowest BCUT2D eigenvalue weighted by Crippen LogP contribution is -2.05. The molecule has 0 amide bonds. The van der Waals surface area contributed by atoms with Gasteiger partial charge in [0.1, 0.15) is 5.52 Å². The molecule has 124 valence electrons. The largest absolute Gasteiger partial charge is 0.463 e. The second-order valence-electron chi connectivity index (χ2n) is 5.51. The number of benzene rings is 1. The Kier molecular flexibility index (Phi) is 5.89. The monoisotopic (exact) mass is 340 g/mol. The second kappa shape index (κ2) is 7.90. The van der Waals surface area contributed by atoms with E-state index >= 15 is 0 Å². The number of rotatable bonds is 4. The van der Waals surface area contributed by atoms with Crippen LogP contribution in [0.4, 0.5) is 0 Å². The number of pyridine rings is 1. The molecule has 0 aliphatic carbocycles.